The zero-order valence-corrected chi connectivity index (χ0v) is 11.7. The summed E-state index contributed by atoms with van der Waals surface area (Å²) in [7, 11) is 0. The highest BCUT2D eigenvalue weighted by Gasteiger charge is 2.29. The van der Waals surface area contributed by atoms with Crippen LogP contribution in [0.25, 0.3) is 0 Å². The molecule has 0 aliphatic carbocycles. The molecule has 0 radical (unpaired) electrons. The van der Waals surface area contributed by atoms with Crippen LogP contribution in [-0.2, 0) is 9.53 Å². The third kappa shape index (κ3) is 3.37. The fraction of sp³-hybridized carbons (Fsp3) is 0.500. The summed E-state index contributed by atoms with van der Waals surface area (Å²) in [4.78, 5) is 12.4. The van der Waals surface area contributed by atoms with Crippen LogP contribution in [0.1, 0.15) is 31.2 Å². The Kier molecular flexibility index (Phi) is 5.14. The number of hydrogen-bond acceptors (Lipinski definition) is 4. The molecule has 1 aliphatic heterocycles. The SMILES string of the molecule is CCOc1ccc(C(C#N)C(=O)C2CCCOC2)cc1. The maximum Gasteiger partial charge on any atom is 0.159 e. The molecule has 1 heterocycles. The molecular formula is C16H19NO3. The molecule has 1 fully saturated rings. The minimum atomic E-state index is -0.711. The van der Waals surface area contributed by atoms with Gasteiger partial charge in [-0.05, 0) is 37.5 Å². The Morgan fingerprint density at radius 2 is 2.25 bits per heavy atom. The number of hydrogen-bond donors (Lipinski definition) is 0. The third-order valence-corrected chi connectivity index (χ3v) is 3.50. The van der Waals surface area contributed by atoms with Crippen molar-refractivity contribution in [1.82, 2.24) is 0 Å². The van der Waals surface area contributed by atoms with Gasteiger partial charge in [0.1, 0.15) is 11.7 Å². The Bertz CT molecular complexity index is 483. The number of ether oxygens (including phenoxy) is 2. The van der Waals surface area contributed by atoms with Crippen molar-refractivity contribution < 1.29 is 14.3 Å². The first-order chi connectivity index (χ1) is 9.76. The number of carbonyl (C=O) groups is 1. The molecule has 0 N–H and O–H groups in total. The molecule has 2 rings (SSSR count). The smallest absolute Gasteiger partial charge is 0.159 e. The molecule has 4 nitrogen and oxygen atoms in total. The highest BCUT2D eigenvalue weighted by molar-refractivity contribution is 5.90. The van der Waals surface area contributed by atoms with Crippen molar-refractivity contribution in [3.63, 3.8) is 0 Å². The molecule has 4 heteroatoms. The van der Waals surface area contributed by atoms with Crippen LogP contribution in [0.4, 0.5) is 0 Å². The summed E-state index contributed by atoms with van der Waals surface area (Å²) in [5, 5.41) is 9.31. The van der Waals surface area contributed by atoms with E-state index < -0.39 is 5.92 Å². The standard InChI is InChI=1S/C16H19NO3/c1-2-20-14-7-5-12(6-8-14)15(10-17)16(18)13-4-3-9-19-11-13/h5-8,13,15H,2-4,9,11H2,1H3. The minimum absolute atomic E-state index is 0.0311. The van der Waals surface area contributed by atoms with Gasteiger partial charge >= 0.3 is 0 Å². The molecule has 0 spiro atoms. The monoisotopic (exact) mass is 273 g/mol. The van der Waals surface area contributed by atoms with Crippen LogP contribution in [-0.4, -0.2) is 25.6 Å². The molecule has 2 unspecified atom stereocenters. The molecule has 20 heavy (non-hydrogen) atoms. The second-order valence-electron chi connectivity index (χ2n) is 4.88. The van der Waals surface area contributed by atoms with Gasteiger partial charge in [0.15, 0.2) is 5.78 Å². The maximum absolute atomic E-state index is 12.4. The quantitative estimate of drug-likeness (QED) is 0.827. The fourth-order valence-electron chi connectivity index (χ4n) is 2.43. The van der Waals surface area contributed by atoms with E-state index in [9.17, 15) is 10.1 Å². The molecule has 2 atom stereocenters. The minimum Gasteiger partial charge on any atom is -0.494 e. The number of nitriles is 1. The molecular weight excluding hydrogens is 254 g/mol. The highest BCUT2D eigenvalue weighted by atomic mass is 16.5. The van der Waals surface area contributed by atoms with E-state index in [0.29, 0.717) is 19.8 Å². The first-order valence-corrected chi connectivity index (χ1v) is 7.00. The molecule has 106 valence electrons. The average Bonchev–Trinajstić information content (AvgIpc) is 2.51. The van der Waals surface area contributed by atoms with Crippen molar-refractivity contribution in [2.75, 3.05) is 19.8 Å². The van der Waals surface area contributed by atoms with E-state index in [0.717, 1.165) is 24.2 Å². The van der Waals surface area contributed by atoms with Crippen LogP contribution < -0.4 is 4.74 Å². The highest BCUT2D eigenvalue weighted by Crippen LogP contribution is 2.26. The lowest BCUT2D eigenvalue weighted by molar-refractivity contribution is -0.127. The van der Waals surface area contributed by atoms with E-state index in [-0.39, 0.29) is 11.7 Å². The van der Waals surface area contributed by atoms with Crippen molar-refractivity contribution in [1.29, 1.82) is 5.26 Å². The van der Waals surface area contributed by atoms with Gasteiger partial charge in [-0.3, -0.25) is 4.79 Å². The number of carbonyl (C=O) groups excluding carboxylic acids is 1. The summed E-state index contributed by atoms with van der Waals surface area (Å²) >= 11 is 0. The van der Waals surface area contributed by atoms with Gasteiger partial charge < -0.3 is 9.47 Å². The van der Waals surface area contributed by atoms with Crippen LogP contribution in [0.5, 0.6) is 5.75 Å². The van der Waals surface area contributed by atoms with Gasteiger partial charge in [-0.2, -0.15) is 5.26 Å². The van der Waals surface area contributed by atoms with Gasteiger partial charge in [0.05, 0.1) is 19.3 Å². The van der Waals surface area contributed by atoms with E-state index in [4.69, 9.17) is 9.47 Å². The molecule has 0 saturated carbocycles. The largest absolute Gasteiger partial charge is 0.494 e. The van der Waals surface area contributed by atoms with E-state index in [1.54, 1.807) is 24.3 Å². The number of nitrogens with zero attached hydrogens (tertiary/aromatic N) is 1. The lowest BCUT2D eigenvalue weighted by atomic mass is 9.85. The summed E-state index contributed by atoms with van der Waals surface area (Å²) < 4.78 is 10.7. The third-order valence-electron chi connectivity index (χ3n) is 3.50. The lowest BCUT2D eigenvalue weighted by Crippen LogP contribution is -2.29. The predicted molar refractivity (Wildman–Crippen MR) is 74.5 cm³/mol. The summed E-state index contributed by atoms with van der Waals surface area (Å²) in [6.45, 7) is 3.66. The summed E-state index contributed by atoms with van der Waals surface area (Å²) in [6, 6.07) is 9.30. The van der Waals surface area contributed by atoms with Crippen molar-refractivity contribution in [2.24, 2.45) is 5.92 Å². The lowest BCUT2D eigenvalue weighted by Gasteiger charge is -2.22. The number of benzene rings is 1. The molecule has 0 aromatic heterocycles. The second kappa shape index (κ2) is 7.06. The number of Topliss-reactive ketones (excluding diaryl/α,β-unsaturated/α-hetero) is 1. The van der Waals surface area contributed by atoms with Crippen LogP contribution in [0.15, 0.2) is 24.3 Å². The van der Waals surface area contributed by atoms with Gasteiger partial charge in [-0.1, -0.05) is 12.1 Å². The first kappa shape index (κ1) is 14.5. The molecule has 1 saturated heterocycles. The first-order valence-electron chi connectivity index (χ1n) is 7.00. The van der Waals surface area contributed by atoms with Gasteiger partial charge in [-0.15, -0.1) is 0 Å². The van der Waals surface area contributed by atoms with Crippen molar-refractivity contribution >= 4 is 5.78 Å². The van der Waals surface area contributed by atoms with E-state index >= 15 is 0 Å². The van der Waals surface area contributed by atoms with Crippen molar-refractivity contribution in [3.05, 3.63) is 29.8 Å². The normalized spacial score (nSPS) is 19.9. The Morgan fingerprint density at radius 3 is 2.80 bits per heavy atom. The van der Waals surface area contributed by atoms with Crippen molar-refractivity contribution in [2.45, 2.75) is 25.7 Å². The second-order valence-corrected chi connectivity index (χ2v) is 4.88. The Hall–Kier alpha value is -1.86. The maximum atomic E-state index is 12.4. The Balaban J connectivity index is 2.10. The van der Waals surface area contributed by atoms with Crippen LogP contribution in [0.3, 0.4) is 0 Å². The zero-order valence-electron chi connectivity index (χ0n) is 11.7. The van der Waals surface area contributed by atoms with Gasteiger partial charge in [0.2, 0.25) is 0 Å². The Morgan fingerprint density at radius 1 is 1.50 bits per heavy atom. The van der Waals surface area contributed by atoms with Crippen LogP contribution in [0, 0.1) is 17.2 Å². The zero-order chi connectivity index (χ0) is 14.4. The fourth-order valence-corrected chi connectivity index (χ4v) is 2.43. The molecule has 1 aromatic carbocycles. The molecule has 0 bridgehead atoms. The summed E-state index contributed by atoms with van der Waals surface area (Å²) in [6.07, 6.45) is 1.70. The summed E-state index contributed by atoms with van der Waals surface area (Å²) in [5.41, 5.74) is 0.728. The van der Waals surface area contributed by atoms with Gasteiger partial charge in [0, 0.05) is 12.5 Å². The van der Waals surface area contributed by atoms with Crippen molar-refractivity contribution in [3.8, 4) is 11.8 Å². The van der Waals surface area contributed by atoms with E-state index in [1.807, 2.05) is 6.92 Å². The van der Waals surface area contributed by atoms with Gasteiger partial charge in [-0.25, -0.2) is 0 Å². The molecule has 0 amide bonds. The molecule has 1 aromatic rings. The summed E-state index contributed by atoms with van der Waals surface area (Å²) in [5.74, 6) is -0.143. The number of ketones is 1. The van der Waals surface area contributed by atoms with E-state index in [1.165, 1.54) is 0 Å². The van der Waals surface area contributed by atoms with Crippen LogP contribution in [0.2, 0.25) is 0 Å². The van der Waals surface area contributed by atoms with Crippen LogP contribution >= 0.6 is 0 Å². The van der Waals surface area contributed by atoms with Gasteiger partial charge in [0.25, 0.3) is 0 Å². The van der Waals surface area contributed by atoms with E-state index in [2.05, 4.69) is 6.07 Å². The predicted octanol–water partition coefficient (Wildman–Crippen LogP) is 2.69. The Labute approximate surface area is 119 Å². The topological polar surface area (TPSA) is 59.3 Å². The average molecular weight is 273 g/mol. The number of rotatable bonds is 5. The molecule has 1 aliphatic rings.